The Morgan fingerprint density at radius 3 is 2.26 bits per heavy atom. The molecule has 0 aromatic heterocycles. The number of halogens is 1. The van der Waals surface area contributed by atoms with Gasteiger partial charge in [0.1, 0.15) is 17.3 Å². The molecule has 1 heterocycles. The van der Waals surface area contributed by atoms with Crippen molar-refractivity contribution in [3.63, 3.8) is 0 Å². The van der Waals surface area contributed by atoms with Crippen molar-refractivity contribution < 1.29 is 14.6 Å². The quantitative estimate of drug-likeness (QED) is 0.827. The van der Waals surface area contributed by atoms with Crippen molar-refractivity contribution in [1.29, 1.82) is 0 Å². The van der Waals surface area contributed by atoms with Crippen LogP contribution in [0.2, 0.25) is 0 Å². The number of benzene rings is 2. The highest BCUT2D eigenvalue weighted by Crippen LogP contribution is 2.39. The van der Waals surface area contributed by atoms with Gasteiger partial charge < -0.3 is 15.1 Å². The van der Waals surface area contributed by atoms with E-state index in [-0.39, 0.29) is 23.2 Å². The molecule has 5 heteroatoms. The second-order valence-corrected chi connectivity index (χ2v) is 7.56. The maximum Gasteiger partial charge on any atom is 0.128 e. The Kier molecular flexibility index (Phi) is 6.02. The standard InChI is InChI=1S/C22H29FN2O2/c1-4-24-8-10-25(11-9-24)14-19-16(6-5-7-20(19)23)18-12-17(15(2)3)21(26)13-22(18)27/h5-7,12-13,15,26-27H,4,8-11,14H2,1-3H3. The fourth-order valence-corrected chi connectivity index (χ4v) is 3.73. The third-order valence-electron chi connectivity index (χ3n) is 5.47. The maximum atomic E-state index is 14.7. The summed E-state index contributed by atoms with van der Waals surface area (Å²) in [5.41, 5.74) is 2.60. The minimum absolute atomic E-state index is 0.0282. The van der Waals surface area contributed by atoms with Gasteiger partial charge in [0.25, 0.3) is 0 Å². The van der Waals surface area contributed by atoms with Crippen molar-refractivity contribution in [2.45, 2.75) is 33.2 Å². The van der Waals surface area contributed by atoms with Crippen LogP contribution in [0.15, 0.2) is 30.3 Å². The topological polar surface area (TPSA) is 46.9 Å². The van der Waals surface area contributed by atoms with E-state index in [1.165, 1.54) is 12.1 Å². The minimum atomic E-state index is -0.260. The van der Waals surface area contributed by atoms with E-state index in [2.05, 4.69) is 16.7 Å². The van der Waals surface area contributed by atoms with Crippen LogP contribution in [0.5, 0.6) is 11.5 Å². The largest absolute Gasteiger partial charge is 0.508 e. The monoisotopic (exact) mass is 372 g/mol. The molecule has 0 saturated carbocycles. The number of phenols is 2. The molecule has 0 aliphatic carbocycles. The van der Waals surface area contributed by atoms with Gasteiger partial charge in [-0.05, 0) is 35.7 Å². The maximum absolute atomic E-state index is 14.7. The molecule has 0 spiro atoms. The van der Waals surface area contributed by atoms with Crippen LogP contribution in [-0.2, 0) is 6.54 Å². The van der Waals surface area contributed by atoms with Crippen LogP contribution in [0.1, 0.15) is 37.8 Å². The van der Waals surface area contributed by atoms with Crippen molar-refractivity contribution >= 4 is 0 Å². The zero-order valence-electron chi connectivity index (χ0n) is 16.4. The van der Waals surface area contributed by atoms with E-state index in [9.17, 15) is 14.6 Å². The summed E-state index contributed by atoms with van der Waals surface area (Å²) in [5.74, 6) is -0.119. The second kappa shape index (κ2) is 8.28. The van der Waals surface area contributed by atoms with Crippen LogP contribution < -0.4 is 0 Å². The van der Waals surface area contributed by atoms with Crippen LogP contribution in [0, 0.1) is 5.82 Å². The van der Waals surface area contributed by atoms with Crippen LogP contribution in [0.3, 0.4) is 0 Å². The minimum Gasteiger partial charge on any atom is -0.508 e. The molecule has 0 bridgehead atoms. The average molecular weight is 372 g/mol. The Labute approximate surface area is 160 Å². The molecule has 3 rings (SSSR count). The van der Waals surface area contributed by atoms with Gasteiger partial charge in [-0.15, -0.1) is 0 Å². The average Bonchev–Trinajstić information content (AvgIpc) is 2.64. The summed E-state index contributed by atoms with van der Waals surface area (Å²) >= 11 is 0. The number of nitrogens with zero attached hydrogens (tertiary/aromatic N) is 2. The molecule has 1 saturated heterocycles. The molecule has 0 amide bonds. The fraction of sp³-hybridized carbons (Fsp3) is 0.455. The van der Waals surface area contributed by atoms with Gasteiger partial charge in [0.05, 0.1) is 0 Å². The van der Waals surface area contributed by atoms with Gasteiger partial charge in [-0.25, -0.2) is 4.39 Å². The Morgan fingerprint density at radius 1 is 0.963 bits per heavy atom. The molecule has 1 aliphatic heterocycles. The summed E-state index contributed by atoms with van der Waals surface area (Å²) < 4.78 is 14.7. The van der Waals surface area contributed by atoms with Gasteiger partial charge in [0, 0.05) is 49.9 Å². The molecule has 27 heavy (non-hydrogen) atoms. The molecular weight excluding hydrogens is 343 g/mol. The lowest BCUT2D eigenvalue weighted by atomic mass is 9.92. The fourth-order valence-electron chi connectivity index (χ4n) is 3.73. The molecule has 0 unspecified atom stereocenters. The summed E-state index contributed by atoms with van der Waals surface area (Å²) in [6, 6.07) is 8.13. The van der Waals surface area contributed by atoms with Gasteiger partial charge in [0.15, 0.2) is 0 Å². The molecule has 2 aromatic rings. The molecule has 0 atom stereocenters. The first-order chi connectivity index (χ1) is 12.9. The van der Waals surface area contributed by atoms with Crippen LogP contribution in [-0.4, -0.2) is 52.7 Å². The summed E-state index contributed by atoms with van der Waals surface area (Å²) in [7, 11) is 0. The van der Waals surface area contributed by atoms with E-state index >= 15 is 0 Å². The molecule has 0 radical (unpaired) electrons. The summed E-state index contributed by atoms with van der Waals surface area (Å²) in [5, 5.41) is 20.6. The number of phenolic OH excluding ortho intramolecular Hbond substituents is 2. The predicted molar refractivity (Wildman–Crippen MR) is 107 cm³/mol. The first kappa shape index (κ1) is 19.6. The van der Waals surface area contributed by atoms with E-state index in [0.29, 0.717) is 23.2 Å². The van der Waals surface area contributed by atoms with E-state index < -0.39 is 0 Å². The first-order valence-corrected chi connectivity index (χ1v) is 9.69. The number of hydrogen-bond acceptors (Lipinski definition) is 4. The number of likely N-dealkylation sites (N-methyl/N-ethyl adjacent to an activating group) is 1. The highest BCUT2D eigenvalue weighted by molar-refractivity contribution is 5.75. The highest BCUT2D eigenvalue weighted by atomic mass is 19.1. The molecule has 4 nitrogen and oxygen atoms in total. The molecule has 2 aromatic carbocycles. The lowest BCUT2D eigenvalue weighted by molar-refractivity contribution is 0.131. The van der Waals surface area contributed by atoms with Crippen molar-refractivity contribution in [2.75, 3.05) is 32.7 Å². The van der Waals surface area contributed by atoms with Crippen molar-refractivity contribution in [3.05, 3.63) is 47.3 Å². The number of rotatable bonds is 5. The Hall–Kier alpha value is -2.11. The van der Waals surface area contributed by atoms with E-state index in [1.54, 1.807) is 12.1 Å². The van der Waals surface area contributed by atoms with Gasteiger partial charge >= 0.3 is 0 Å². The summed E-state index contributed by atoms with van der Waals surface area (Å²) in [6.45, 7) is 11.5. The Balaban J connectivity index is 1.96. The lowest BCUT2D eigenvalue weighted by Gasteiger charge is -2.34. The van der Waals surface area contributed by atoms with Crippen molar-refractivity contribution in [1.82, 2.24) is 9.80 Å². The van der Waals surface area contributed by atoms with Crippen LogP contribution in [0.25, 0.3) is 11.1 Å². The molecule has 1 aliphatic rings. The smallest absolute Gasteiger partial charge is 0.128 e. The van der Waals surface area contributed by atoms with E-state index in [1.807, 2.05) is 19.9 Å². The highest BCUT2D eigenvalue weighted by Gasteiger charge is 2.21. The number of piperazine rings is 1. The molecular formula is C22H29FN2O2. The van der Waals surface area contributed by atoms with Gasteiger partial charge in [-0.2, -0.15) is 0 Å². The second-order valence-electron chi connectivity index (χ2n) is 7.56. The zero-order chi connectivity index (χ0) is 19.6. The summed E-state index contributed by atoms with van der Waals surface area (Å²) in [4.78, 5) is 4.65. The molecule has 1 fully saturated rings. The first-order valence-electron chi connectivity index (χ1n) is 9.69. The third kappa shape index (κ3) is 4.25. The lowest BCUT2D eigenvalue weighted by Crippen LogP contribution is -2.45. The number of aromatic hydroxyl groups is 2. The summed E-state index contributed by atoms with van der Waals surface area (Å²) in [6.07, 6.45) is 0. The Morgan fingerprint density at radius 2 is 1.63 bits per heavy atom. The van der Waals surface area contributed by atoms with Gasteiger partial charge in [-0.1, -0.05) is 32.9 Å². The molecule has 2 N–H and O–H groups in total. The number of hydrogen-bond donors (Lipinski definition) is 2. The molecule has 146 valence electrons. The predicted octanol–water partition coefficient (Wildman–Crippen LogP) is 4.16. The third-order valence-corrected chi connectivity index (χ3v) is 5.47. The van der Waals surface area contributed by atoms with Crippen molar-refractivity contribution in [2.24, 2.45) is 0 Å². The normalized spacial score (nSPS) is 16.2. The van der Waals surface area contributed by atoms with Crippen molar-refractivity contribution in [3.8, 4) is 22.6 Å². The zero-order valence-corrected chi connectivity index (χ0v) is 16.4. The Bertz CT molecular complexity index is 799. The SMILES string of the molecule is CCN1CCN(Cc2c(F)cccc2-c2cc(C(C)C)c(O)cc2O)CC1. The van der Waals surface area contributed by atoms with E-state index in [0.717, 1.165) is 38.3 Å². The van der Waals surface area contributed by atoms with Crippen LogP contribution in [0.4, 0.5) is 4.39 Å². The van der Waals surface area contributed by atoms with E-state index in [4.69, 9.17) is 0 Å². The van der Waals surface area contributed by atoms with Gasteiger partial charge in [-0.3, -0.25) is 4.90 Å². The van der Waals surface area contributed by atoms with Crippen LogP contribution >= 0.6 is 0 Å². The van der Waals surface area contributed by atoms with Gasteiger partial charge in [0.2, 0.25) is 0 Å².